The standard InChI is InChI=1S/C9H19N2O/c1-9(2)12-8-7-11-5-3-10-4-6-11/h9H,3-8H2,1-2H3. The minimum atomic E-state index is 0.361. The predicted octanol–water partition coefficient (Wildman–Crippen LogP) is 0.331. The van der Waals surface area contributed by atoms with Crippen LogP contribution in [0.1, 0.15) is 13.8 Å². The summed E-state index contributed by atoms with van der Waals surface area (Å²) in [4.78, 5) is 2.41. The van der Waals surface area contributed by atoms with Crippen molar-refractivity contribution in [2.45, 2.75) is 20.0 Å². The van der Waals surface area contributed by atoms with E-state index in [0.29, 0.717) is 6.10 Å². The highest BCUT2D eigenvalue weighted by Crippen LogP contribution is 1.94. The molecular formula is C9H19N2O. The van der Waals surface area contributed by atoms with Gasteiger partial charge in [0.15, 0.2) is 0 Å². The Hall–Kier alpha value is -0.120. The molecule has 1 aliphatic heterocycles. The largest absolute Gasteiger partial charge is 0.377 e. The van der Waals surface area contributed by atoms with Crippen LogP contribution in [0.4, 0.5) is 0 Å². The number of piperazine rings is 1. The highest BCUT2D eigenvalue weighted by molar-refractivity contribution is 4.66. The van der Waals surface area contributed by atoms with E-state index in [1.807, 2.05) is 0 Å². The Labute approximate surface area is 75.1 Å². The highest BCUT2D eigenvalue weighted by atomic mass is 16.5. The van der Waals surface area contributed by atoms with Crippen molar-refractivity contribution in [1.29, 1.82) is 0 Å². The number of rotatable bonds is 4. The van der Waals surface area contributed by atoms with Gasteiger partial charge in [-0.25, -0.2) is 5.32 Å². The van der Waals surface area contributed by atoms with E-state index in [1.165, 1.54) is 0 Å². The average molecular weight is 171 g/mol. The van der Waals surface area contributed by atoms with E-state index in [-0.39, 0.29) is 0 Å². The van der Waals surface area contributed by atoms with Gasteiger partial charge in [-0.15, -0.1) is 0 Å². The van der Waals surface area contributed by atoms with Crippen LogP contribution in [-0.4, -0.2) is 50.3 Å². The third-order valence-corrected chi connectivity index (χ3v) is 2.01. The van der Waals surface area contributed by atoms with Gasteiger partial charge in [-0.2, -0.15) is 0 Å². The second-order valence-corrected chi connectivity index (χ2v) is 3.43. The number of hydrogen-bond donors (Lipinski definition) is 0. The van der Waals surface area contributed by atoms with Crippen LogP contribution in [0.2, 0.25) is 0 Å². The van der Waals surface area contributed by atoms with Gasteiger partial charge in [-0.3, -0.25) is 4.90 Å². The lowest BCUT2D eigenvalue weighted by atomic mass is 10.3. The lowest BCUT2D eigenvalue weighted by Gasteiger charge is -2.26. The predicted molar refractivity (Wildman–Crippen MR) is 49.4 cm³/mol. The van der Waals surface area contributed by atoms with E-state index in [2.05, 4.69) is 24.1 Å². The van der Waals surface area contributed by atoms with E-state index in [9.17, 15) is 0 Å². The third kappa shape index (κ3) is 4.04. The van der Waals surface area contributed by atoms with Crippen LogP contribution < -0.4 is 5.32 Å². The van der Waals surface area contributed by atoms with Crippen molar-refractivity contribution >= 4 is 0 Å². The first-order valence-corrected chi connectivity index (χ1v) is 4.76. The summed E-state index contributed by atoms with van der Waals surface area (Å²) >= 11 is 0. The zero-order chi connectivity index (χ0) is 8.81. The molecule has 0 amide bonds. The lowest BCUT2D eigenvalue weighted by Crippen LogP contribution is -2.41. The molecule has 0 saturated carbocycles. The zero-order valence-electron chi connectivity index (χ0n) is 8.12. The number of hydrogen-bond acceptors (Lipinski definition) is 2. The molecule has 3 nitrogen and oxygen atoms in total. The Bertz CT molecular complexity index is 111. The van der Waals surface area contributed by atoms with Gasteiger partial charge in [0.2, 0.25) is 0 Å². The third-order valence-electron chi connectivity index (χ3n) is 2.01. The SMILES string of the molecule is CC(C)OCCN1CC[N]CC1. The van der Waals surface area contributed by atoms with Crippen molar-refractivity contribution < 1.29 is 4.74 Å². The van der Waals surface area contributed by atoms with Crippen LogP contribution in [0.25, 0.3) is 0 Å². The van der Waals surface area contributed by atoms with Gasteiger partial charge < -0.3 is 4.74 Å². The molecule has 1 heterocycles. The first kappa shape index (κ1) is 9.96. The monoisotopic (exact) mass is 171 g/mol. The summed E-state index contributed by atoms with van der Waals surface area (Å²) in [5.74, 6) is 0. The molecule has 3 heteroatoms. The zero-order valence-corrected chi connectivity index (χ0v) is 8.12. The minimum Gasteiger partial charge on any atom is -0.377 e. The summed E-state index contributed by atoms with van der Waals surface area (Å²) < 4.78 is 5.47. The van der Waals surface area contributed by atoms with E-state index < -0.39 is 0 Å². The van der Waals surface area contributed by atoms with Crippen LogP contribution in [0, 0.1) is 0 Å². The molecule has 0 aromatic rings. The van der Waals surface area contributed by atoms with Gasteiger partial charge in [-0.05, 0) is 13.8 Å². The second-order valence-electron chi connectivity index (χ2n) is 3.43. The van der Waals surface area contributed by atoms with Crippen LogP contribution >= 0.6 is 0 Å². The molecule has 12 heavy (non-hydrogen) atoms. The molecular weight excluding hydrogens is 152 g/mol. The van der Waals surface area contributed by atoms with Gasteiger partial charge >= 0.3 is 0 Å². The van der Waals surface area contributed by atoms with Gasteiger partial charge in [0.05, 0.1) is 12.7 Å². The summed E-state index contributed by atoms with van der Waals surface area (Å²) in [6.07, 6.45) is 0.361. The van der Waals surface area contributed by atoms with Crippen LogP contribution in [0.5, 0.6) is 0 Å². The molecule has 1 fully saturated rings. The molecule has 0 aliphatic carbocycles. The fourth-order valence-electron chi connectivity index (χ4n) is 1.29. The van der Waals surface area contributed by atoms with E-state index >= 15 is 0 Å². The molecule has 0 aromatic carbocycles. The Balaban J connectivity index is 1.98. The Kier molecular flexibility index (Phi) is 4.58. The average Bonchev–Trinajstić information content (AvgIpc) is 2.05. The molecule has 0 unspecified atom stereocenters. The van der Waals surface area contributed by atoms with Crippen LogP contribution in [0.3, 0.4) is 0 Å². The van der Waals surface area contributed by atoms with Crippen molar-refractivity contribution in [3.63, 3.8) is 0 Å². The van der Waals surface area contributed by atoms with Crippen molar-refractivity contribution in [3.05, 3.63) is 0 Å². The molecule has 0 atom stereocenters. The van der Waals surface area contributed by atoms with Gasteiger partial charge in [-0.1, -0.05) is 0 Å². The normalized spacial score (nSPS) is 20.2. The summed E-state index contributed by atoms with van der Waals surface area (Å²) in [6.45, 7) is 10.3. The lowest BCUT2D eigenvalue weighted by molar-refractivity contribution is 0.0564. The summed E-state index contributed by atoms with van der Waals surface area (Å²) in [5.41, 5.74) is 0. The Morgan fingerprint density at radius 3 is 2.58 bits per heavy atom. The first-order valence-electron chi connectivity index (χ1n) is 4.76. The fraction of sp³-hybridized carbons (Fsp3) is 1.00. The molecule has 1 rings (SSSR count). The van der Waals surface area contributed by atoms with Crippen molar-refractivity contribution in [1.82, 2.24) is 10.2 Å². The maximum absolute atomic E-state index is 5.47. The molecule has 1 saturated heterocycles. The second kappa shape index (κ2) is 5.51. The molecule has 0 aromatic heterocycles. The smallest absolute Gasteiger partial charge is 0.0596 e. The fourth-order valence-corrected chi connectivity index (χ4v) is 1.29. The molecule has 0 N–H and O–H groups in total. The van der Waals surface area contributed by atoms with E-state index in [0.717, 1.165) is 39.3 Å². The van der Waals surface area contributed by atoms with Gasteiger partial charge in [0.25, 0.3) is 0 Å². The number of ether oxygens (including phenoxy) is 1. The molecule has 0 spiro atoms. The maximum atomic E-state index is 5.47. The summed E-state index contributed by atoms with van der Waals surface area (Å²) in [5, 5.41) is 4.29. The van der Waals surface area contributed by atoms with E-state index in [1.54, 1.807) is 0 Å². The Morgan fingerprint density at radius 2 is 2.00 bits per heavy atom. The van der Waals surface area contributed by atoms with Crippen molar-refractivity contribution in [2.24, 2.45) is 0 Å². The summed E-state index contributed by atoms with van der Waals surface area (Å²) in [7, 11) is 0. The van der Waals surface area contributed by atoms with Gasteiger partial charge in [0.1, 0.15) is 0 Å². The molecule has 0 bridgehead atoms. The van der Waals surface area contributed by atoms with Gasteiger partial charge in [0, 0.05) is 32.7 Å². The molecule has 1 radical (unpaired) electrons. The number of nitrogens with zero attached hydrogens (tertiary/aromatic N) is 2. The minimum absolute atomic E-state index is 0.361. The van der Waals surface area contributed by atoms with Crippen molar-refractivity contribution in [2.75, 3.05) is 39.3 Å². The highest BCUT2D eigenvalue weighted by Gasteiger charge is 2.09. The van der Waals surface area contributed by atoms with E-state index in [4.69, 9.17) is 4.74 Å². The van der Waals surface area contributed by atoms with Crippen molar-refractivity contribution in [3.8, 4) is 0 Å². The maximum Gasteiger partial charge on any atom is 0.0596 e. The van der Waals surface area contributed by atoms with Crippen LogP contribution in [0.15, 0.2) is 0 Å². The summed E-state index contributed by atoms with van der Waals surface area (Å²) in [6, 6.07) is 0. The molecule has 71 valence electrons. The quantitative estimate of drug-likeness (QED) is 0.609. The molecule has 1 aliphatic rings. The Morgan fingerprint density at radius 1 is 1.33 bits per heavy atom. The topological polar surface area (TPSA) is 26.6 Å². The first-order chi connectivity index (χ1) is 5.79. The van der Waals surface area contributed by atoms with Crippen LogP contribution in [-0.2, 0) is 4.74 Å².